The monoisotopic (exact) mass is 326 g/mol. The minimum absolute atomic E-state index is 0.137. The Morgan fingerprint density at radius 1 is 1.21 bits per heavy atom. The number of aryl methyl sites for hydroxylation is 2. The molecule has 0 radical (unpaired) electrons. The van der Waals surface area contributed by atoms with Gasteiger partial charge < -0.3 is 4.90 Å². The Bertz CT molecular complexity index is 927. The van der Waals surface area contributed by atoms with Crippen molar-refractivity contribution >= 4 is 5.91 Å². The van der Waals surface area contributed by atoms with E-state index in [2.05, 4.69) is 15.2 Å². The third-order valence-corrected chi connectivity index (χ3v) is 4.17. The van der Waals surface area contributed by atoms with E-state index >= 15 is 0 Å². The Kier molecular flexibility index (Phi) is 3.19. The molecule has 1 aliphatic heterocycles. The molecule has 0 unspecified atom stereocenters. The number of halogens is 1. The smallest absolute Gasteiger partial charge is 0.294 e. The second-order valence-electron chi connectivity index (χ2n) is 5.77. The number of fused-ring (bicyclic) bond motifs is 1. The van der Waals surface area contributed by atoms with Crippen LogP contribution in [0.1, 0.15) is 27.7 Å². The zero-order valence-corrected chi connectivity index (χ0v) is 13.3. The van der Waals surface area contributed by atoms with E-state index < -0.39 is 0 Å². The van der Waals surface area contributed by atoms with Crippen molar-refractivity contribution < 1.29 is 9.18 Å². The molecule has 4 rings (SSSR count). The van der Waals surface area contributed by atoms with E-state index in [1.165, 1.54) is 16.8 Å². The largest absolute Gasteiger partial charge is 0.326 e. The standard InChI is InChI=1S/C16H15FN6O/c1-10-19-15(20-23(10)13-5-3-12(17)4-6-13)16(24)22-8-11-7-18-21(2)14(11)9-22/h3-7H,8-9H2,1-2H3. The van der Waals surface area contributed by atoms with Gasteiger partial charge in [-0.05, 0) is 31.2 Å². The van der Waals surface area contributed by atoms with Gasteiger partial charge in [0, 0.05) is 19.2 Å². The summed E-state index contributed by atoms with van der Waals surface area (Å²) in [6.45, 7) is 2.76. The van der Waals surface area contributed by atoms with E-state index in [0.29, 0.717) is 24.6 Å². The highest BCUT2D eigenvalue weighted by Crippen LogP contribution is 2.23. The van der Waals surface area contributed by atoms with E-state index in [4.69, 9.17) is 0 Å². The van der Waals surface area contributed by atoms with Crippen LogP contribution in [0.5, 0.6) is 0 Å². The van der Waals surface area contributed by atoms with Crippen LogP contribution >= 0.6 is 0 Å². The van der Waals surface area contributed by atoms with Gasteiger partial charge in [-0.1, -0.05) is 0 Å². The number of nitrogens with zero attached hydrogens (tertiary/aromatic N) is 6. The van der Waals surface area contributed by atoms with E-state index in [9.17, 15) is 9.18 Å². The molecule has 1 aromatic carbocycles. The van der Waals surface area contributed by atoms with Crippen molar-refractivity contribution in [2.45, 2.75) is 20.0 Å². The summed E-state index contributed by atoms with van der Waals surface area (Å²) in [6.07, 6.45) is 1.78. The molecule has 24 heavy (non-hydrogen) atoms. The number of carbonyl (C=O) groups excluding carboxylic acids is 1. The average molecular weight is 326 g/mol. The summed E-state index contributed by atoms with van der Waals surface area (Å²) in [7, 11) is 1.86. The first kappa shape index (κ1) is 14.6. The lowest BCUT2D eigenvalue weighted by Crippen LogP contribution is -2.27. The van der Waals surface area contributed by atoms with Crippen LogP contribution in [0.25, 0.3) is 5.69 Å². The summed E-state index contributed by atoms with van der Waals surface area (Å²) in [6, 6.07) is 5.90. The van der Waals surface area contributed by atoms with Gasteiger partial charge >= 0.3 is 0 Å². The molecule has 7 nitrogen and oxygen atoms in total. The van der Waals surface area contributed by atoms with Crippen molar-refractivity contribution in [3.8, 4) is 5.69 Å². The van der Waals surface area contributed by atoms with Crippen LogP contribution in [-0.4, -0.2) is 35.4 Å². The lowest BCUT2D eigenvalue weighted by molar-refractivity contribution is 0.0736. The van der Waals surface area contributed by atoms with Crippen molar-refractivity contribution in [2.24, 2.45) is 7.05 Å². The lowest BCUT2D eigenvalue weighted by Gasteiger charge is -2.13. The highest BCUT2D eigenvalue weighted by molar-refractivity contribution is 5.90. The van der Waals surface area contributed by atoms with Gasteiger partial charge in [0.05, 0.1) is 24.1 Å². The SMILES string of the molecule is Cc1nc(C(=O)N2Cc3cnn(C)c3C2)nn1-c1ccc(F)cc1. The molecule has 0 atom stereocenters. The highest BCUT2D eigenvalue weighted by atomic mass is 19.1. The minimum Gasteiger partial charge on any atom is -0.326 e. The highest BCUT2D eigenvalue weighted by Gasteiger charge is 2.29. The Labute approximate surface area is 137 Å². The second-order valence-corrected chi connectivity index (χ2v) is 5.77. The molecule has 8 heteroatoms. The molecule has 1 amide bonds. The molecule has 122 valence electrons. The summed E-state index contributed by atoms with van der Waals surface area (Å²) in [4.78, 5) is 18.6. The zero-order valence-electron chi connectivity index (χ0n) is 13.3. The Hall–Kier alpha value is -3.03. The second kappa shape index (κ2) is 5.26. The number of hydrogen-bond donors (Lipinski definition) is 0. The third-order valence-electron chi connectivity index (χ3n) is 4.17. The van der Waals surface area contributed by atoms with Crippen LogP contribution in [0.3, 0.4) is 0 Å². The fraction of sp³-hybridized carbons (Fsp3) is 0.250. The van der Waals surface area contributed by atoms with E-state index in [1.54, 1.807) is 34.8 Å². The number of benzene rings is 1. The Morgan fingerprint density at radius 3 is 2.67 bits per heavy atom. The molecule has 2 aromatic heterocycles. The number of carbonyl (C=O) groups is 1. The first-order valence-electron chi connectivity index (χ1n) is 7.51. The minimum atomic E-state index is -0.323. The maximum Gasteiger partial charge on any atom is 0.294 e. The van der Waals surface area contributed by atoms with Crippen molar-refractivity contribution in [3.05, 3.63) is 59.2 Å². The molecule has 0 bridgehead atoms. The van der Waals surface area contributed by atoms with Crippen molar-refractivity contribution in [1.29, 1.82) is 0 Å². The molecule has 3 aromatic rings. The van der Waals surface area contributed by atoms with Crippen molar-refractivity contribution in [1.82, 2.24) is 29.4 Å². The maximum absolute atomic E-state index is 13.1. The van der Waals surface area contributed by atoms with Crippen LogP contribution in [-0.2, 0) is 20.1 Å². The number of aromatic nitrogens is 5. The van der Waals surface area contributed by atoms with Crippen molar-refractivity contribution in [2.75, 3.05) is 0 Å². The van der Waals surface area contributed by atoms with Gasteiger partial charge in [-0.15, -0.1) is 5.10 Å². The van der Waals surface area contributed by atoms with Crippen LogP contribution in [0.15, 0.2) is 30.5 Å². The summed E-state index contributed by atoms with van der Waals surface area (Å²) < 4.78 is 16.4. The molecule has 0 fully saturated rings. The fourth-order valence-electron chi connectivity index (χ4n) is 2.88. The summed E-state index contributed by atoms with van der Waals surface area (Å²) in [5.74, 6) is 0.160. The number of rotatable bonds is 2. The predicted octanol–water partition coefficient (Wildman–Crippen LogP) is 1.60. The molecular formula is C16H15FN6O. The van der Waals surface area contributed by atoms with Gasteiger partial charge in [0.2, 0.25) is 5.82 Å². The third kappa shape index (κ3) is 2.27. The van der Waals surface area contributed by atoms with Gasteiger partial charge in [-0.25, -0.2) is 14.1 Å². The first-order valence-corrected chi connectivity index (χ1v) is 7.51. The molecule has 1 aliphatic rings. The summed E-state index contributed by atoms with van der Waals surface area (Å²) >= 11 is 0. The molecule has 3 heterocycles. The van der Waals surface area contributed by atoms with Crippen LogP contribution in [0.2, 0.25) is 0 Å². The van der Waals surface area contributed by atoms with Gasteiger partial charge in [-0.2, -0.15) is 5.10 Å². The quantitative estimate of drug-likeness (QED) is 0.717. The maximum atomic E-state index is 13.1. The molecule has 0 spiro atoms. The van der Waals surface area contributed by atoms with Crippen molar-refractivity contribution in [3.63, 3.8) is 0 Å². The topological polar surface area (TPSA) is 68.8 Å². The fourth-order valence-corrected chi connectivity index (χ4v) is 2.88. The average Bonchev–Trinajstić information content (AvgIpc) is 3.24. The number of amides is 1. The molecule has 0 saturated carbocycles. The molecule has 0 aliphatic carbocycles. The lowest BCUT2D eigenvalue weighted by atomic mass is 10.3. The van der Waals surface area contributed by atoms with Gasteiger partial charge in [-0.3, -0.25) is 9.48 Å². The van der Waals surface area contributed by atoms with E-state index in [1.807, 2.05) is 7.05 Å². The van der Waals surface area contributed by atoms with E-state index in [-0.39, 0.29) is 17.5 Å². The normalized spacial score (nSPS) is 13.4. The molecular weight excluding hydrogens is 311 g/mol. The zero-order chi connectivity index (χ0) is 16.8. The summed E-state index contributed by atoms with van der Waals surface area (Å²) in [5, 5.41) is 8.48. The summed E-state index contributed by atoms with van der Waals surface area (Å²) in [5.41, 5.74) is 2.73. The Balaban J connectivity index is 1.60. The van der Waals surface area contributed by atoms with Crippen LogP contribution in [0.4, 0.5) is 4.39 Å². The van der Waals surface area contributed by atoms with Gasteiger partial charge in [0.25, 0.3) is 5.91 Å². The first-order chi connectivity index (χ1) is 11.5. The van der Waals surface area contributed by atoms with Gasteiger partial charge in [0.1, 0.15) is 11.6 Å². The van der Waals surface area contributed by atoms with Gasteiger partial charge in [0.15, 0.2) is 0 Å². The van der Waals surface area contributed by atoms with Crippen LogP contribution in [0, 0.1) is 12.7 Å². The van der Waals surface area contributed by atoms with E-state index in [0.717, 1.165) is 11.3 Å². The molecule has 0 N–H and O–H groups in total. The number of hydrogen-bond acceptors (Lipinski definition) is 4. The predicted molar refractivity (Wildman–Crippen MR) is 82.8 cm³/mol. The van der Waals surface area contributed by atoms with Crippen LogP contribution < -0.4 is 0 Å². The molecule has 0 saturated heterocycles. The Morgan fingerprint density at radius 2 is 1.96 bits per heavy atom.